The Morgan fingerprint density at radius 2 is 0.800 bits per heavy atom. The van der Waals surface area contributed by atoms with Crippen molar-refractivity contribution in [1.29, 1.82) is 0 Å². The third kappa shape index (κ3) is 12.3. The molecule has 4 rings (SSSR count). The van der Waals surface area contributed by atoms with Crippen LogP contribution >= 0.6 is 11.6 Å². The summed E-state index contributed by atoms with van der Waals surface area (Å²) in [5, 5.41) is 13.0. The fraction of sp³-hybridized carbons (Fsp3) is 0.231. The van der Waals surface area contributed by atoms with Crippen molar-refractivity contribution in [2.75, 3.05) is 13.0 Å². The van der Waals surface area contributed by atoms with Crippen molar-refractivity contribution in [2.45, 2.75) is 27.2 Å². The van der Waals surface area contributed by atoms with E-state index in [1.807, 2.05) is 0 Å². The molecule has 0 spiro atoms. The zero-order valence-corrected chi connectivity index (χ0v) is 19.2. The van der Waals surface area contributed by atoms with Crippen molar-refractivity contribution in [1.82, 2.24) is 0 Å². The zero-order valence-electron chi connectivity index (χ0n) is 18.5. The minimum absolute atomic E-state index is 0.538. The molecule has 0 atom stereocenters. The van der Waals surface area contributed by atoms with Gasteiger partial charge in [0, 0.05) is 13.0 Å². The lowest BCUT2D eigenvalue weighted by Gasteiger charge is -1.92. The second kappa shape index (κ2) is 20.0. The average molecular weight is 424 g/mol. The molecule has 0 aromatic heterocycles. The number of alkyl halides is 1. The third-order valence-electron chi connectivity index (χ3n) is 3.56. The van der Waals surface area contributed by atoms with E-state index in [9.17, 15) is 0 Å². The van der Waals surface area contributed by atoms with Crippen molar-refractivity contribution in [2.24, 2.45) is 0 Å². The van der Waals surface area contributed by atoms with E-state index in [4.69, 9.17) is 5.02 Å². The van der Waals surface area contributed by atoms with Crippen LogP contribution in [0.1, 0.15) is 27.2 Å². The Labute approximate surface area is 187 Å². The highest BCUT2D eigenvalue weighted by Gasteiger charge is 1.86. The lowest BCUT2D eigenvalue weighted by Crippen LogP contribution is -1.93. The minimum atomic E-state index is 0.538. The van der Waals surface area contributed by atoms with E-state index >= 15 is 0 Å². The van der Waals surface area contributed by atoms with Gasteiger partial charge in [0.2, 0.25) is 0 Å². The molecule has 0 heterocycles. The molecule has 0 saturated heterocycles. The van der Waals surface area contributed by atoms with Crippen molar-refractivity contribution in [3.63, 3.8) is 0 Å². The van der Waals surface area contributed by atoms with E-state index < -0.39 is 0 Å². The normalized spacial score (nSPS) is 8.73. The summed E-state index contributed by atoms with van der Waals surface area (Å²) in [6, 6.07) is 33.4. The van der Waals surface area contributed by atoms with E-state index in [1.165, 1.54) is 34.3 Å². The lowest BCUT2D eigenvalue weighted by molar-refractivity contribution is 0.302. The maximum absolute atomic E-state index is 7.72. The molecule has 0 bridgehead atoms. The van der Waals surface area contributed by atoms with Gasteiger partial charge in [-0.3, -0.25) is 0 Å². The Hall–Kier alpha value is -2.33. The van der Waals surface area contributed by atoms with Crippen LogP contribution in [0.2, 0.25) is 0 Å². The summed E-state index contributed by atoms with van der Waals surface area (Å²) in [7, 11) is 0.681. The van der Waals surface area contributed by atoms with Crippen molar-refractivity contribution in [3.05, 3.63) is 97.1 Å². The van der Waals surface area contributed by atoms with E-state index in [1.54, 1.807) is 6.92 Å². The summed E-state index contributed by atoms with van der Waals surface area (Å²) >= 11 is 4.64. The molecule has 0 aliphatic carbocycles. The second-order valence-corrected chi connectivity index (χ2v) is 5.96. The van der Waals surface area contributed by atoms with E-state index in [2.05, 4.69) is 127 Å². The van der Waals surface area contributed by atoms with Gasteiger partial charge in [-0.25, -0.2) is 0 Å². The van der Waals surface area contributed by atoms with Crippen LogP contribution in [0.5, 0.6) is 0 Å². The Kier molecular flexibility index (Phi) is 18.4. The Morgan fingerprint density at radius 1 is 0.600 bits per heavy atom. The number of hydrogen-bond acceptors (Lipinski definition) is 2. The fourth-order valence-corrected chi connectivity index (χ4v) is 2.34. The molecule has 4 heteroatoms. The van der Waals surface area contributed by atoms with Crippen LogP contribution < -0.4 is 0 Å². The molecule has 0 saturated carbocycles. The van der Waals surface area contributed by atoms with Crippen LogP contribution in [0.4, 0.5) is 0 Å². The highest BCUT2D eigenvalue weighted by molar-refractivity contribution is 6.15. The van der Waals surface area contributed by atoms with Gasteiger partial charge in [-0.05, 0) is 28.5 Å². The second-order valence-electron chi connectivity index (χ2n) is 5.96. The highest BCUT2D eigenvalue weighted by atomic mass is 35.5. The fourth-order valence-electron chi connectivity index (χ4n) is 2.34. The molecule has 2 nitrogen and oxygen atoms in total. The molecule has 4 aromatic rings. The Bertz CT molecular complexity index is 695. The summed E-state index contributed by atoms with van der Waals surface area (Å²) in [6.45, 7) is 6.59. The van der Waals surface area contributed by atoms with Crippen molar-refractivity contribution in [3.8, 4) is 0 Å². The molecule has 1 N–H and O–H groups in total. The van der Waals surface area contributed by atoms with Gasteiger partial charge in [0.15, 0.2) is 0 Å². The number of halogens is 1. The van der Waals surface area contributed by atoms with Gasteiger partial charge in [0.25, 0.3) is 0 Å². The average Bonchev–Trinajstić information content (AvgIpc) is 2.82. The van der Waals surface area contributed by atoms with Crippen LogP contribution in [0.3, 0.4) is 0 Å². The standard InChI is InChI=1S/2C10H8.C3H8.C2H6BO2.CH3Cl/c2*1-2-6-10-8-4-3-7-9(10)5-1;1-3-2;1-2-5-3-4;1-2/h2*1-8H;3H2,1-2H3;4H,2H2,1H3;1H3. The monoisotopic (exact) mass is 423 g/mol. The zero-order chi connectivity index (χ0) is 22.5. The molecule has 0 aliphatic rings. The smallest absolute Gasteiger partial charge is 0.429 e. The minimum Gasteiger partial charge on any atom is -0.429 e. The molecule has 1 radical (unpaired) electrons. The summed E-state index contributed by atoms with van der Waals surface area (Å²) in [5.41, 5.74) is 0. The Morgan fingerprint density at radius 3 is 0.900 bits per heavy atom. The SMILES string of the molecule is CCC.CCO[B]O.CCl.c1ccc2ccccc2c1.c1ccc2ccccc2c1. The van der Waals surface area contributed by atoms with Crippen LogP contribution in [0.25, 0.3) is 21.5 Å². The van der Waals surface area contributed by atoms with E-state index in [0.717, 1.165) is 0 Å². The first-order valence-electron chi connectivity index (χ1n) is 10.1. The first kappa shape index (κ1) is 27.7. The summed E-state index contributed by atoms with van der Waals surface area (Å²) in [4.78, 5) is 0. The van der Waals surface area contributed by atoms with Gasteiger partial charge in [-0.15, -0.1) is 11.6 Å². The topological polar surface area (TPSA) is 29.5 Å². The van der Waals surface area contributed by atoms with Gasteiger partial charge in [-0.1, -0.05) is 117 Å². The maximum atomic E-state index is 7.72. The summed E-state index contributed by atoms with van der Waals surface area (Å²) in [6.07, 6.45) is 2.72. The molecule has 30 heavy (non-hydrogen) atoms. The van der Waals surface area contributed by atoms with E-state index in [-0.39, 0.29) is 0 Å². The molecule has 4 aromatic carbocycles. The largest absolute Gasteiger partial charge is 0.485 e. The molecular formula is C26H33BClO2. The van der Waals surface area contributed by atoms with Gasteiger partial charge >= 0.3 is 7.69 Å². The number of fused-ring (bicyclic) bond motifs is 2. The van der Waals surface area contributed by atoms with E-state index in [0.29, 0.717) is 14.3 Å². The van der Waals surface area contributed by atoms with Gasteiger partial charge in [0.05, 0.1) is 0 Å². The maximum Gasteiger partial charge on any atom is 0.485 e. The molecule has 0 unspecified atom stereocenters. The van der Waals surface area contributed by atoms with Crippen molar-refractivity contribution < 1.29 is 9.68 Å². The lowest BCUT2D eigenvalue weighted by atomic mass is 10.1. The molecule has 0 aliphatic heterocycles. The molecule has 0 fully saturated rings. The van der Waals surface area contributed by atoms with Crippen molar-refractivity contribution >= 4 is 40.8 Å². The predicted molar refractivity (Wildman–Crippen MR) is 135 cm³/mol. The van der Waals surface area contributed by atoms with Gasteiger partial charge < -0.3 is 9.68 Å². The van der Waals surface area contributed by atoms with Crippen LogP contribution in [-0.4, -0.2) is 25.7 Å². The summed E-state index contributed by atoms with van der Waals surface area (Å²) in [5.74, 6) is 0. The third-order valence-corrected chi connectivity index (χ3v) is 3.56. The van der Waals surface area contributed by atoms with Crippen LogP contribution in [0, 0.1) is 0 Å². The number of benzene rings is 4. The molecule has 159 valence electrons. The quantitative estimate of drug-likeness (QED) is 0.267. The van der Waals surface area contributed by atoms with Crippen LogP contribution in [-0.2, 0) is 4.65 Å². The van der Waals surface area contributed by atoms with Gasteiger partial charge in [0.1, 0.15) is 0 Å². The molecule has 0 amide bonds. The highest BCUT2D eigenvalue weighted by Crippen LogP contribution is 2.12. The summed E-state index contributed by atoms with van der Waals surface area (Å²) < 4.78 is 4.26. The Balaban J connectivity index is 0.000000397. The first-order chi connectivity index (χ1) is 14.8. The van der Waals surface area contributed by atoms with Gasteiger partial charge in [-0.2, -0.15) is 0 Å². The first-order valence-corrected chi connectivity index (χ1v) is 10.8. The predicted octanol–water partition coefficient (Wildman–Crippen LogP) is 7.50. The molecular weight excluding hydrogens is 391 g/mol. The number of hydrogen-bond donors (Lipinski definition) is 1. The van der Waals surface area contributed by atoms with Crippen LogP contribution in [0.15, 0.2) is 97.1 Å². The number of rotatable bonds is 2.